The van der Waals surface area contributed by atoms with Crippen LogP contribution in [0.5, 0.6) is 0 Å². The van der Waals surface area contributed by atoms with Crippen molar-refractivity contribution in [1.82, 2.24) is 14.6 Å². The maximum Gasteiger partial charge on any atom is 0.269 e. The molecule has 0 radical (unpaired) electrons. The number of hydrogen-bond donors (Lipinski definition) is 1. The number of rotatable bonds is 2. The van der Waals surface area contributed by atoms with Gasteiger partial charge in [-0.15, -0.1) is 0 Å². The lowest BCUT2D eigenvalue weighted by Crippen LogP contribution is -1.98. The Bertz CT molecular complexity index is 763. The zero-order valence-corrected chi connectivity index (χ0v) is 9.72. The zero-order valence-electron chi connectivity index (χ0n) is 9.72. The SMILES string of the molecule is Nc1ccnc2c(-c3ccc([N+](=O)[O-])cc3)cnn12. The second-order valence-corrected chi connectivity index (χ2v) is 3.97. The molecule has 0 atom stereocenters. The van der Waals surface area contributed by atoms with Gasteiger partial charge in [0, 0.05) is 23.9 Å². The predicted molar refractivity (Wildman–Crippen MR) is 69.5 cm³/mol. The van der Waals surface area contributed by atoms with E-state index in [1.165, 1.54) is 16.6 Å². The molecule has 3 rings (SSSR count). The van der Waals surface area contributed by atoms with Gasteiger partial charge in [-0.05, 0) is 23.8 Å². The third-order valence-corrected chi connectivity index (χ3v) is 2.82. The standard InChI is InChI=1S/C12H9N5O2/c13-11-5-6-14-12-10(7-15-16(11)12)8-1-3-9(4-2-8)17(18)19/h1-7H,13H2. The van der Waals surface area contributed by atoms with E-state index in [1.54, 1.807) is 30.6 Å². The summed E-state index contributed by atoms with van der Waals surface area (Å²) in [4.78, 5) is 14.4. The van der Waals surface area contributed by atoms with Gasteiger partial charge in [0.25, 0.3) is 5.69 Å². The van der Waals surface area contributed by atoms with Gasteiger partial charge in [-0.25, -0.2) is 4.98 Å². The van der Waals surface area contributed by atoms with Crippen LogP contribution in [-0.4, -0.2) is 19.5 Å². The van der Waals surface area contributed by atoms with Crippen molar-refractivity contribution in [3.63, 3.8) is 0 Å². The van der Waals surface area contributed by atoms with E-state index in [9.17, 15) is 10.1 Å². The highest BCUT2D eigenvalue weighted by atomic mass is 16.6. The number of non-ortho nitro benzene ring substituents is 1. The Hall–Kier alpha value is -2.96. The van der Waals surface area contributed by atoms with Crippen molar-refractivity contribution in [2.24, 2.45) is 0 Å². The number of nitro benzene ring substituents is 1. The summed E-state index contributed by atoms with van der Waals surface area (Å²) < 4.78 is 1.52. The lowest BCUT2D eigenvalue weighted by atomic mass is 10.1. The molecular weight excluding hydrogens is 246 g/mol. The Morgan fingerprint density at radius 1 is 1.21 bits per heavy atom. The molecule has 3 aromatic rings. The Morgan fingerprint density at radius 2 is 1.95 bits per heavy atom. The summed E-state index contributed by atoms with van der Waals surface area (Å²) >= 11 is 0. The first-order valence-corrected chi connectivity index (χ1v) is 5.50. The molecule has 0 saturated heterocycles. The second-order valence-electron chi connectivity index (χ2n) is 3.97. The van der Waals surface area contributed by atoms with Crippen LogP contribution >= 0.6 is 0 Å². The van der Waals surface area contributed by atoms with Crippen molar-refractivity contribution >= 4 is 17.2 Å². The average molecular weight is 255 g/mol. The van der Waals surface area contributed by atoms with Gasteiger partial charge in [-0.2, -0.15) is 9.61 Å². The van der Waals surface area contributed by atoms with E-state index < -0.39 is 4.92 Å². The summed E-state index contributed by atoms with van der Waals surface area (Å²) in [6.45, 7) is 0. The number of aromatic nitrogens is 3. The average Bonchev–Trinajstić information content (AvgIpc) is 2.84. The first-order valence-electron chi connectivity index (χ1n) is 5.50. The lowest BCUT2D eigenvalue weighted by molar-refractivity contribution is -0.384. The highest BCUT2D eigenvalue weighted by molar-refractivity contribution is 5.78. The number of nitrogens with zero attached hydrogens (tertiary/aromatic N) is 4. The summed E-state index contributed by atoms with van der Waals surface area (Å²) in [5.41, 5.74) is 8.03. The highest BCUT2D eigenvalue weighted by Gasteiger charge is 2.11. The van der Waals surface area contributed by atoms with E-state index in [2.05, 4.69) is 10.1 Å². The van der Waals surface area contributed by atoms with Crippen molar-refractivity contribution < 1.29 is 4.92 Å². The molecule has 0 aliphatic carbocycles. The molecule has 0 amide bonds. The molecule has 7 nitrogen and oxygen atoms in total. The van der Waals surface area contributed by atoms with E-state index in [1.807, 2.05) is 0 Å². The van der Waals surface area contributed by atoms with Crippen LogP contribution in [0.3, 0.4) is 0 Å². The number of benzene rings is 1. The van der Waals surface area contributed by atoms with Gasteiger partial charge < -0.3 is 5.73 Å². The third kappa shape index (κ3) is 1.77. The number of hydrogen-bond acceptors (Lipinski definition) is 5. The van der Waals surface area contributed by atoms with Gasteiger partial charge in [0.05, 0.1) is 11.1 Å². The third-order valence-electron chi connectivity index (χ3n) is 2.82. The van der Waals surface area contributed by atoms with Crippen LogP contribution in [0.25, 0.3) is 16.8 Å². The predicted octanol–water partition coefficient (Wildman–Crippen LogP) is 1.89. The molecule has 2 heterocycles. The molecule has 0 fully saturated rings. The molecular formula is C12H9N5O2. The van der Waals surface area contributed by atoms with Gasteiger partial charge in [0.1, 0.15) is 5.82 Å². The van der Waals surface area contributed by atoms with E-state index in [0.717, 1.165) is 11.1 Å². The molecule has 94 valence electrons. The number of nitrogens with two attached hydrogens (primary N) is 1. The normalized spacial score (nSPS) is 10.7. The van der Waals surface area contributed by atoms with Gasteiger partial charge in [-0.3, -0.25) is 10.1 Å². The molecule has 0 spiro atoms. The van der Waals surface area contributed by atoms with Crippen LogP contribution in [0.4, 0.5) is 11.5 Å². The second kappa shape index (κ2) is 4.05. The Morgan fingerprint density at radius 3 is 2.63 bits per heavy atom. The summed E-state index contributed by atoms with van der Waals surface area (Å²) in [5.74, 6) is 0.484. The summed E-state index contributed by atoms with van der Waals surface area (Å²) in [6.07, 6.45) is 3.24. The van der Waals surface area contributed by atoms with Crippen LogP contribution in [0.2, 0.25) is 0 Å². The van der Waals surface area contributed by atoms with E-state index in [-0.39, 0.29) is 5.69 Å². The number of anilines is 1. The Labute approximate surface area is 107 Å². The summed E-state index contributed by atoms with van der Waals surface area (Å²) in [7, 11) is 0. The summed E-state index contributed by atoms with van der Waals surface area (Å²) in [5, 5.41) is 14.8. The van der Waals surface area contributed by atoms with Crippen molar-refractivity contribution in [2.45, 2.75) is 0 Å². The molecule has 0 aliphatic rings. The van der Waals surface area contributed by atoms with Crippen LogP contribution in [0.15, 0.2) is 42.7 Å². The minimum atomic E-state index is -0.434. The molecule has 0 aliphatic heterocycles. The molecule has 1 aromatic carbocycles. The molecule has 7 heteroatoms. The van der Waals surface area contributed by atoms with Crippen molar-refractivity contribution in [1.29, 1.82) is 0 Å². The molecule has 2 aromatic heterocycles. The molecule has 0 unspecified atom stereocenters. The number of fused-ring (bicyclic) bond motifs is 1. The molecule has 0 bridgehead atoms. The lowest BCUT2D eigenvalue weighted by Gasteiger charge is -2.00. The van der Waals surface area contributed by atoms with Crippen LogP contribution in [-0.2, 0) is 0 Å². The smallest absolute Gasteiger partial charge is 0.269 e. The zero-order chi connectivity index (χ0) is 13.4. The van der Waals surface area contributed by atoms with Gasteiger partial charge in [0.15, 0.2) is 5.65 Å². The fourth-order valence-electron chi connectivity index (χ4n) is 1.88. The Balaban J connectivity index is 2.14. The number of nitro groups is 1. The minimum Gasteiger partial charge on any atom is -0.384 e. The van der Waals surface area contributed by atoms with Crippen LogP contribution < -0.4 is 5.73 Å². The summed E-state index contributed by atoms with van der Waals surface area (Å²) in [6, 6.07) is 7.88. The quantitative estimate of drug-likeness (QED) is 0.556. The largest absolute Gasteiger partial charge is 0.384 e. The van der Waals surface area contributed by atoms with Crippen molar-refractivity contribution in [3.8, 4) is 11.1 Å². The highest BCUT2D eigenvalue weighted by Crippen LogP contribution is 2.25. The van der Waals surface area contributed by atoms with Crippen molar-refractivity contribution in [2.75, 3.05) is 5.73 Å². The van der Waals surface area contributed by atoms with Crippen LogP contribution in [0, 0.1) is 10.1 Å². The Kier molecular flexibility index (Phi) is 2.38. The van der Waals surface area contributed by atoms with Gasteiger partial charge >= 0.3 is 0 Å². The maximum atomic E-state index is 10.6. The fourth-order valence-corrected chi connectivity index (χ4v) is 1.88. The van der Waals surface area contributed by atoms with E-state index >= 15 is 0 Å². The molecule has 2 N–H and O–H groups in total. The topological polar surface area (TPSA) is 99.3 Å². The molecule has 19 heavy (non-hydrogen) atoms. The minimum absolute atomic E-state index is 0.0488. The van der Waals surface area contributed by atoms with E-state index in [0.29, 0.717) is 11.5 Å². The molecule has 0 saturated carbocycles. The van der Waals surface area contributed by atoms with E-state index in [4.69, 9.17) is 5.73 Å². The monoisotopic (exact) mass is 255 g/mol. The van der Waals surface area contributed by atoms with Gasteiger partial charge in [-0.1, -0.05) is 0 Å². The first kappa shape index (κ1) is 11.1. The van der Waals surface area contributed by atoms with Gasteiger partial charge in [0.2, 0.25) is 0 Å². The first-order chi connectivity index (χ1) is 9.16. The fraction of sp³-hybridized carbons (Fsp3) is 0. The van der Waals surface area contributed by atoms with Crippen molar-refractivity contribution in [3.05, 3.63) is 52.8 Å². The van der Waals surface area contributed by atoms with Crippen LogP contribution in [0.1, 0.15) is 0 Å². The maximum absolute atomic E-state index is 10.6. The number of nitrogen functional groups attached to an aromatic ring is 1.